The van der Waals surface area contributed by atoms with Crippen LogP contribution in [0.25, 0.3) is 0 Å². The predicted molar refractivity (Wildman–Crippen MR) is 116 cm³/mol. The molecule has 0 fully saturated rings. The third-order valence-corrected chi connectivity index (χ3v) is 7.00. The lowest BCUT2D eigenvalue weighted by Crippen LogP contribution is -2.16. The first-order valence-electron chi connectivity index (χ1n) is 8.82. The summed E-state index contributed by atoms with van der Waals surface area (Å²) in [5, 5.41) is 10.1. The average molecular weight is 465 g/mol. The molecule has 0 bridgehead atoms. The van der Waals surface area contributed by atoms with Gasteiger partial charge < -0.3 is 14.6 Å². The van der Waals surface area contributed by atoms with Crippen molar-refractivity contribution in [1.29, 1.82) is 0 Å². The van der Waals surface area contributed by atoms with Crippen molar-refractivity contribution in [3.8, 4) is 17.2 Å². The number of nitrogens with one attached hydrogen (secondary N) is 2. The topological polar surface area (TPSA) is 131 Å². The highest BCUT2D eigenvalue weighted by Gasteiger charge is 2.23. The van der Waals surface area contributed by atoms with E-state index in [1.165, 1.54) is 38.5 Å². The molecule has 0 saturated carbocycles. The van der Waals surface area contributed by atoms with Crippen LogP contribution < -0.4 is 18.9 Å². The fourth-order valence-corrected chi connectivity index (χ4v) is 5.07. The molecule has 0 radical (unpaired) electrons. The summed E-state index contributed by atoms with van der Waals surface area (Å²) in [5.41, 5.74) is -0.108. The van der Waals surface area contributed by atoms with Gasteiger partial charge in [0.15, 0.2) is 0 Å². The van der Waals surface area contributed by atoms with Gasteiger partial charge in [-0.1, -0.05) is 24.3 Å². The quantitative estimate of drug-likeness (QED) is 0.437. The van der Waals surface area contributed by atoms with Crippen molar-refractivity contribution in [3.05, 3.63) is 66.7 Å². The summed E-state index contributed by atoms with van der Waals surface area (Å²) < 4.78 is 66.0. The smallest absolute Gasteiger partial charge is 0.265 e. The highest BCUT2D eigenvalue weighted by atomic mass is 32.2. The number of aromatic hydroxyl groups is 1. The zero-order valence-corrected chi connectivity index (χ0v) is 18.2. The maximum atomic E-state index is 12.8. The number of benzene rings is 3. The van der Waals surface area contributed by atoms with Gasteiger partial charge >= 0.3 is 0 Å². The van der Waals surface area contributed by atoms with Gasteiger partial charge in [0.25, 0.3) is 20.0 Å². The molecule has 164 valence electrons. The zero-order chi connectivity index (χ0) is 22.6. The number of hydrogen-bond acceptors (Lipinski definition) is 7. The van der Waals surface area contributed by atoms with Crippen molar-refractivity contribution in [1.82, 2.24) is 0 Å². The van der Waals surface area contributed by atoms with E-state index in [0.29, 0.717) is 5.75 Å². The van der Waals surface area contributed by atoms with Crippen LogP contribution in [0.5, 0.6) is 17.2 Å². The third kappa shape index (κ3) is 4.84. The fraction of sp³-hybridized carbons (Fsp3) is 0.100. The van der Waals surface area contributed by atoms with Crippen LogP contribution in [0.2, 0.25) is 0 Å². The number of para-hydroxylation sites is 3. The summed E-state index contributed by atoms with van der Waals surface area (Å²) in [5.74, 6) is -0.0484. The summed E-state index contributed by atoms with van der Waals surface area (Å²) in [6.45, 7) is 0. The number of ether oxygens (including phenoxy) is 2. The van der Waals surface area contributed by atoms with Crippen LogP contribution in [-0.4, -0.2) is 36.2 Å². The highest BCUT2D eigenvalue weighted by Crippen LogP contribution is 2.32. The Morgan fingerprint density at radius 3 is 1.97 bits per heavy atom. The second-order valence-corrected chi connectivity index (χ2v) is 9.57. The molecule has 31 heavy (non-hydrogen) atoms. The Kier molecular flexibility index (Phi) is 6.27. The second kappa shape index (κ2) is 8.74. The number of phenolic OH excluding ortho intramolecular Hbond substituents is 1. The molecule has 0 unspecified atom stereocenters. The number of sulfonamides is 2. The zero-order valence-electron chi connectivity index (χ0n) is 16.6. The minimum atomic E-state index is -4.18. The second-order valence-electron chi connectivity index (χ2n) is 6.24. The minimum absolute atomic E-state index is 0.0936. The molecular weight excluding hydrogens is 444 g/mol. The normalized spacial score (nSPS) is 11.5. The van der Waals surface area contributed by atoms with Crippen molar-refractivity contribution >= 4 is 31.4 Å². The Morgan fingerprint density at radius 2 is 1.29 bits per heavy atom. The van der Waals surface area contributed by atoms with Crippen LogP contribution in [0.3, 0.4) is 0 Å². The fourth-order valence-electron chi connectivity index (χ4n) is 2.74. The van der Waals surface area contributed by atoms with Gasteiger partial charge in [0.1, 0.15) is 22.1 Å². The molecule has 11 heteroatoms. The van der Waals surface area contributed by atoms with Gasteiger partial charge in [0.05, 0.1) is 30.5 Å². The van der Waals surface area contributed by atoms with E-state index in [1.54, 1.807) is 24.3 Å². The summed E-state index contributed by atoms with van der Waals surface area (Å²) in [6.07, 6.45) is 0. The Balaban J connectivity index is 1.96. The van der Waals surface area contributed by atoms with Gasteiger partial charge in [-0.3, -0.25) is 9.44 Å². The Labute approximate surface area is 180 Å². The maximum Gasteiger partial charge on any atom is 0.265 e. The van der Waals surface area contributed by atoms with E-state index in [9.17, 15) is 21.9 Å². The predicted octanol–water partition coefficient (Wildman–Crippen LogP) is 3.01. The van der Waals surface area contributed by atoms with E-state index < -0.39 is 25.8 Å². The van der Waals surface area contributed by atoms with Crippen LogP contribution in [0.15, 0.2) is 76.5 Å². The number of anilines is 2. The molecule has 0 amide bonds. The third-order valence-electron chi connectivity index (χ3n) is 4.23. The Hall–Kier alpha value is -3.44. The average Bonchev–Trinajstić information content (AvgIpc) is 2.75. The highest BCUT2D eigenvalue weighted by molar-refractivity contribution is 7.93. The first-order chi connectivity index (χ1) is 14.7. The summed E-state index contributed by atoms with van der Waals surface area (Å²) in [7, 11) is -5.58. The van der Waals surface area contributed by atoms with Gasteiger partial charge in [-0.25, -0.2) is 16.8 Å². The summed E-state index contributed by atoms with van der Waals surface area (Å²) in [6, 6.07) is 15.6. The molecular formula is C20H20N2O7S2. The summed E-state index contributed by atoms with van der Waals surface area (Å²) in [4.78, 5) is -0.439. The Bertz CT molecular complexity index is 1310. The van der Waals surface area contributed by atoms with Crippen LogP contribution in [0.1, 0.15) is 0 Å². The van der Waals surface area contributed by atoms with E-state index in [0.717, 1.165) is 18.2 Å². The van der Waals surface area contributed by atoms with Gasteiger partial charge in [0, 0.05) is 0 Å². The molecule has 3 N–H and O–H groups in total. The van der Waals surface area contributed by atoms with E-state index in [4.69, 9.17) is 9.47 Å². The number of rotatable bonds is 8. The standard InChI is InChI=1S/C20H20N2O7S2/c1-28-18-8-4-3-7-15(18)21-30(24,25)14-11-12-17(23)16(13-14)22-31(26,27)20-10-6-5-9-19(20)29-2/h3-13,21-23H,1-2H3. The van der Waals surface area contributed by atoms with E-state index in [-0.39, 0.29) is 26.9 Å². The molecule has 3 aromatic carbocycles. The van der Waals surface area contributed by atoms with E-state index in [1.807, 2.05) is 0 Å². The molecule has 0 aliphatic carbocycles. The van der Waals surface area contributed by atoms with Crippen LogP contribution in [0.4, 0.5) is 11.4 Å². The molecule has 0 heterocycles. The molecule has 0 aromatic heterocycles. The molecule has 9 nitrogen and oxygen atoms in total. The molecule has 3 rings (SSSR count). The van der Waals surface area contributed by atoms with E-state index in [2.05, 4.69) is 9.44 Å². The molecule has 3 aromatic rings. The largest absolute Gasteiger partial charge is 0.506 e. The maximum absolute atomic E-state index is 12.8. The first kappa shape index (κ1) is 22.2. The lowest BCUT2D eigenvalue weighted by atomic mass is 10.3. The summed E-state index contributed by atoms with van der Waals surface area (Å²) >= 11 is 0. The van der Waals surface area contributed by atoms with Crippen LogP contribution in [0, 0.1) is 0 Å². The molecule has 0 saturated heterocycles. The van der Waals surface area contributed by atoms with Crippen molar-refractivity contribution in [2.24, 2.45) is 0 Å². The SMILES string of the molecule is COc1ccccc1NS(=O)(=O)c1ccc(O)c(NS(=O)(=O)c2ccccc2OC)c1. The lowest BCUT2D eigenvalue weighted by molar-refractivity contribution is 0.403. The van der Waals surface area contributed by atoms with Gasteiger partial charge in [-0.15, -0.1) is 0 Å². The van der Waals surface area contributed by atoms with Gasteiger partial charge in [-0.05, 0) is 42.5 Å². The minimum Gasteiger partial charge on any atom is -0.506 e. The van der Waals surface area contributed by atoms with Gasteiger partial charge in [0.2, 0.25) is 0 Å². The number of hydrogen-bond donors (Lipinski definition) is 3. The monoisotopic (exact) mass is 464 g/mol. The molecule has 0 aliphatic heterocycles. The number of methoxy groups -OCH3 is 2. The van der Waals surface area contributed by atoms with E-state index >= 15 is 0 Å². The molecule has 0 aliphatic rings. The Morgan fingerprint density at radius 1 is 0.710 bits per heavy atom. The molecule has 0 atom stereocenters. The van der Waals surface area contributed by atoms with Crippen molar-refractivity contribution < 1.29 is 31.4 Å². The van der Waals surface area contributed by atoms with Crippen LogP contribution in [-0.2, 0) is 20.0 Å². The van der Waals surface area contributed by atoms with Crippen molar-refractivity contribution in [2.75, 3.05) is 23.7 Å². The van der Waals surface area contributed by atoms with Crippen molar-refractivity contribution in [2.45, 2.75) is 9.79 Å². The first-order valence-corrected chi connectivity index (χ1v) is 11.8. The van der Waals surface area contributed by atoms with Crippen molar-refractivity contribution in [3.63, 3.8) is 0 Å². The van der Waals surface area contributed by atoms with Crippen LogP contribution >= 0.6 is 0 Å². The lowest BCUT2D eigenvalue weighted by Gasteiger charge is -2.15. The van der Waals surface area contributed by atoms with Gasteiger partial charge in [-0.2, -0.15) is 0 Å². The molecule has 0 spiro atoms. The number of phenols is 1.